The number of hydrogen-bond acceptors (Lipinski definition) is 2. The molecular formula is C25H19Cl2F3N2O2. The third kappa shape index (κ3) is 5.72. The Morgan fingerprint density at radius 2 is 1.62 bits per heavy atom. The summed E-state index contributed by atoms with van der Waals surface area (Å²) in [5.41, 5.74) is 0.811. The van der Waals surface area contributed by atoms with Crippen molar-refractivity contribution in [3.05, 3.63) is 87.4 Å². The fourth-order valence-corrected chi connectivity index (χ4v) is 4.15. The predicted molar refractivity (Wildman–Crippen MR) is 127 cm³/mol. The predicted octanol–water partition coefficient (Wildman–Crippen LogP) is 6.47. The molecule has 9 heteroatoms. The molecule has 34 heavy (non-hydrogen) atoms. The lowest BCUT2D eigenvalue weighted by Crippen LogP contribution is -2.37. The molecule has 1 atom stereocenters. The van der Waals surface area contributed by atoms with E-state index < -0.39 is 18.1 Å². The van der Waals surface area contributed by atoms with E-state index in [1.165, 1.54) is 12.1 Å². The summed E-state index contributed by atoms with van der Waals surface area (Å²) in [4.78, 5) is 25.0. The normalized spacial score (nSPS) is 14.9. The molecule has 4 rings (SSSR count). The topological polar surface area (TPSA) is 58.2 Å². The van der Waals surface area contributed by atoms with Gasteiger partial charge < -0.3 is 10.6 Å². The van der Waals surface area contributed by atoms with Gasteiger partial charge in [0.2, 0.25) is 5.91 Å². The van der Waals surface area contributed by atoms with Crippen LogP contribution < -0.4 is 10.6 Å². The number of benzene rings is 3. The van der Waals surface area contributed by atoms with Crippen molar-refractivity contribution < 1.29 is 22.8 Å². The summed E-state index contributed by atoms with van der Waals surface area (Å²) in [6.07, 6.45) is -0.407. The summed E-state index contributed by atoms with van der Waals surface area (Å²) in [7, 11) is 0. The SMILES string of the molecule is O=C(/C=C/c1ccc(C(=O)NC2CC2)c2ccccc12)NC(c1cc(Cl)cc(Cl)c1)C(F)(F)F. The highest BCUT2D eigenvalue weighted by atomic mass is 35.5. The average molecular weight is 507 g/mol. The number of amides is 2. The lowest BCUT2D eigenvalue weighted by Gasteiger charge is -2.22. The highest BCUT2D eigenvalue weighted by Gasteiger charge is 2.42. The minimum absolute atomic E-state index is 0.0267. The average Bonchev–Trinajstić information content (AvgIpc) is 3.58. The van der Waals surface area contributed by atoms with Crippen molar-refractivity contribution in [3.8, 4) is 0 Å². The van der Waals surface area contributed by atoms with Crippen molar-refractivity contribution in [1.82, 2.24) is 10.6 Å². The molecule has 4 nitrogen and oxygen atoms in total. The Labute approximate surface area is 203 Å². The first kappa shape index (κ1) is 24.1. The Balaban J connectivity index is 1.58. The number of nitrogens with one attached hydrogen (secondary N) is 2. The maximum absolute atomic E-state index is 13.7. The van der Waals surface area contributed by atoms with E-state index in [1.807, 2.05) is 5.32 Å². The van der Waals surface area contributed by atoms with Gasteiger partial charge in [-0.1, -0.05) is 53.5 Å². The van der Waals surface area contributed by atoms with Crippen molar-refractivity contribution in [3.63, 3.8) is 0 Å². The van der Waals surface area contributed by atoms with Gasteiger partial charge in [0, 0.05) is 27.7 Å². The number of alkyl halides is 3. The number of hydrogen-bond donors (Lipinski definition) is 2. The second-order valence-corrected chi connectivity index (χ2v) is 8.89. The summed E-state index contributed by atoms with van der Waals surface area (Å²) in [5.74, 6) is -1.13. The molecule has 0 radical (unpaired) electrons. The van der Waals surface area contributed by atoms with Crippen LogP contribution >= 0.6 is 23.2 Å². The second-order valence-electron chi connectivity index (χ2n) is 8.01. The first-order valence-electron chi connectivity index (χ1n) is 10.5. The number of halogens is 5. The van der Waals surface area contributed by atoms with E-state index in [0.717, 1.165) is 31.1 Å². The zero-order valence-electron chi connectivity index (χ0n) is 17.6. The first-order valence-corrected chi connectivity index (χ1v) is 11.2. The number of rotatable bonds is 6. The summed E-state index contributed by atoms with van der Waals surface area (Å²) < 4.78 is 41.0. The van der Waals surface area contributed by atoms with Crippen LogP contribution in [0.3, 0.4) is 0 Å². The van der Waals surface area contributed by atoms with Gasteiger partial charge in [0.25, 0.3) is 5.91 Å². The van der Waals surface area contributed by atoms with Gasteiger partial charge in [0.15, 0.2) is 6.04 Å². The quantitative estimate of drug-likeness (QED) is 0.376. The molecule has 2 amide bonds. The number of fused-ring (bicyclic) bond motifs is 1. The van der Waals surface area contributed by atoms with Crippen molar-refractivity contribution in [2.24, 2.45) is 0 Å². The molecule has 1 saturated carbocycles. The zero-order valence-corrected chi connectivity index (χ0v) is 19.1. The standard InChI is InChI=1S/C25H19Cl2F3N2O2/c26-16-11-15(12-17(27)13-16)23(25(28,29)30)32-22(33)10-6-14-5-9-21(24(34)31-18-7-8-18)20-4-2-1-3-19(14)20/h1-6,9-13,18,23H,7-8H2,(H,31,34)(H,32,33)/b10-6+. The molecule has 3 aromatic rings. The molecule has 0 spiro atoms. The van der Waals surface area contributed by atoms with E-state index in [4.69, 9.17) is 23.2 Å². The minimum atomic E-state index is -4.76. The van der Waals surface area contributed by atoms with Crippen LogP contribution in [-0.2, 0) is 4.79 Å². The third-order valence-corrected chi connectivity index (χ3v) is 5.80. The van der Waals surface area contributed by atoms with Crippen LogP contribution in [0.25, 0.3) is 16.8 Å². The van der Waals surface area contributed by atoms with Gasteiger partial charge in [-0.25, -0.2) is 0 Å². The molecule has 1 aliphatic rings. The number of carbonyl (C=O) groups excluding carboxylic acids is 2. The second kappa shape index (κ2) is 9.68. The summed E-state index contributed by atoms with van der Waals surface area (Å²) in [5, 5.41) is 6.35. The fourth-order valence-electron chi connectivity index (χ4n) is 3.61. The Morgan fingerprint density at radius 1 is 0.971 bits per heavy atom. The summed E-state index contributed by atoms with van der Waals surface area (Å²) >= 11 is 11.7. The lowest BCUT2D eigenvalue weighted by atomic mass is 9.98. The van der Waals surface area contributed by atoms with Crippen LogP contribution in [0.5, 0.6) is 0 Å². The highest BCUT2D eigenvalue weighted by Crippen LogP contribution is 2.35. The summed E-state index contributed by atoms with van der Waals surface area (Å²) in [6, 6.07) is 11.9. The molecule has 0 heterocycles. The first-order chi connectivity index (χ1) is 16.1. The lowest BCUT2D eigenvalue weighted by molar-refractivity contribution is -0.162. The van der Waals surface area contributed by atoms with Crippen LogP contribution in [0, 0.1) is 0 Å². The van der Waals surface area contributed by atoms with Crippen LogP contribution in [0.2, 0.25) is 10.0 Å². The van der Waals surface area contributed by atoms with Gasteiger partial charge in [-0.15, -0.1) is 0 Å². The maximum Gasteiger partial charge on any atom is 0.412 e. The Hall–Kier alpha value is -3.03. The van der Waals surface area contributed by atoms with E-state index in [0.29, 0.717) is 21.9 Å². The molecule has 1 unspecified atom stereocenters. The van der Waals surface area contributed by atoms with Gasteiger partial charge in [-0.2, -0.15) is 13.2 Å². The van der Waals surface area contributed by atoms with E-state index in [-0.39, 0.29) is 27.6 Å². The van der Waals surface area contributed by atoms with E-state index in [9.17, 15) is 22.8 Å². The zero-order chi connectivity index (χ0) is 24.5. The largest absolute Gasteiger partial charge is 0.412 e. The van der Waals surface area contributed by atoms with Gasteiger partial charge in [-0.3, -0.25) is 9.59 Å². The van der Waals surface area contributed by atoms with E-state index >= 15 is 0 Å². The molecule has 3 aromatic carbocycles. The van der Waals surface area contributed by atoms with Crippen molar-refractivity contribution in [1.29, 1.82) is 0 Å². The van der Waals surface area contributed by atoms with Crippen LogP contribution in [0.4, 0.5) is 13.2 Å². The smallest absolute Gasteiger partial charge is 0.349 e. The monoisotopic (exact) mass is 506 g/mol. The molecule has 0 aromatic heterocycles. The van der Waals surface area contributed by atoms with E-state index in [1.54, 1.807) is 36.4 Å². The molecule has 2 N–H and O–H groups in total. The molecule has 176 valence electrons. The minimum Gasteiger partial charge on any atom is -0.349 e. The van der Waals surface area contributed by atoms with Gasteiger partial charge in [0.1, 0.15) is 0 Å². The Kier molecular flexibility index (Phi) is 6.86. The summed E-state index contributed by atoms with van der Waals surface area (Å²) in [6.45, 7) is 0. The van der Waals surface area contributed by atoms with Gasteiger partial charge in [-0.05, 0) is 65.1 Å². The number of carbonyl (C=O) groups is 2. The molecule has 0 bridgehead atoms. The molecule has 1 fully saturated rings. The van der Waals surface area contributed by atoms with Gasteiger partial charge in [0.05, 0.1) is 0 Å². The van der Waals surface area contributed by atoms with Crippen LogP contribution in [0.15, 0.2) is 60.7 Å². The van der Waals surface area contributed by atoms with Crippen LogP contribution in [-0.4, -0.2) is 24.0 Å². The third-order valence-electron chi connectivity index (χ3n) is 5.36. The fraction of sp³-hybridized carbons (Fsp3) is 0.200. The van der Waals surface area contributed by atoms with E-state index in [2.05, 4.69) is 5.32 Å². The molecule has 1 aliphatic carbocycles. The van der Waals surface area contributed by atoms with Crippen molar-refractivity contribution in [2.75, 3.05) is 0 Å². The molecule has 0 saturated heterocycles. The van der Waals surface area contributed by atoms with Gasteiger partial charge >= 0.3 is 6.18 Å². The highest BCUT2D eigenvalue weighted by molar-refractivity contribution is 6.34. The Bertz CT molecular complexity index is 1270. The van der Waals surface area contributed by atoms with Crippen molar-refractivity contribution in [2.45, 2.75) is 31.1 Å². The maximum atomic E-state index is 13.7. The Morgan fingerprint density at radius 3 is 2.24 bits per heavy atom. The van der Waals surface area contributed by atoms with Crippen LogP contribution in [0.1, 0.15) is 40.4 Å². The molecule has 0 aliphatic heterocycles. The molecular weight excluding hydrogens is 488 g/mol. The van der Waals surface area contributed by atoms with Crippen molar-refractivity contribution >= 4 is 51.9 Å².